The fraction of sp³-hybridized carbons (Fsp3) is 0.0952. The highest BCUT2D eigenvalue weighted by Crippen LogP contribution is 2.29. The zero-order valence-electron chi connectivity index (χ0n) is 15.1. The van der Waals surface area contributed by atoms with E-state index in [1.165, 1.54) is 12.6 Å². The summed E-state index contributed by atoms with van der Waals surface area (Å²) < 4.78 is 24.0. The maximum atomic E-state index is 12.0. The minimum atomic E-state index is -3.34. The average Bonchev–Trinajstić information content (AvgIpc) is 2.72. The molecule has 0 fully saturated rings. The van der Waals surface area contributed by atoms with Gasteiger partial charge in [-0.15, -0.1) is 0 Å². The largest absolute Gasteiger partial charge is 0.358 e. The Labute approximate surface area is 163 Å². The number of anilines is 1. The summed E-state index contributed by atoms with van der Waals surface area (Å²) in [4.78, 5) is 13.1. The SMILES string of the molecule is CS(=O)(=O)c1ccc2ncnc(NC(c3ccccc3)c3cccnc3)c2c1. The molecular weight excluding hydrogens is 372 g/mol. The van der Waals surface area contributed by atoms with Crippen molar-refractivity contribution in [2.24, 2.45) is 0 Å². The Kier molecular flexibility index (Phi) is 4.75. The molecule has 6 nitrogen and oxygen atoms in total. The van der Waals surface area contributed by atoms with Crippen molar-refractivity contribution in [3.63, 3.8) is 0 Å². The lowest BCUT2D eigenvalue weighted by Crippen LogP contribution is -2.14. The molecule has 7 heteroatoms. The lowest BCUT2D eigenvalue weighted by Gasteiger charge is -2.21. The molecule has 2 aromatic heterocycles. The minimum Gasteiger partial charge on any atom is -0.358 e. The molecule has 0 amide bonds. The Morgan fingerprint density at radius 1 is 0.929 bits per heavy atom. The van der Waals surface area contributed by atoms with Crippen LogP contribution in [-0.2, 0) is 9.84 Å². The van der Waals surface area contributed by atoms with E-state index in [0.717, 1.165) is 11.1 Å². The van der Waals surface area contributed by atoms with Crippen LogP contribution in [0, 0.1) is 0 Å². The Balaban J connectivity index is 1.84. The number of hydrogen-bond acceptors (Lipinski definition) is 6. The summed E-state index contributed by atoms with van der Waals surface area (Å²) in [6.45, 7) is 0. The molecule has 1 unspecified atom stereocenters. The van der Waals surface area contributed by atoms with Gasteiger partial charge in [-0.25, -0.2) is 18.4 Å². The molecule has 28 heavy (non-hydrogen) atoms. The Morgan fingerprint density at radius 3 is 2.43 bits per heavy atom. The van der Waals surface area contributed by atoms with Crippen LogP contribution < -0.4 is 5.32 Å². The van der Waals surface area contributed by atoms with Crippen LogP contribution in [0.15, 0.2) is 84.3 Å². The van der Waals surface area contributed by atoms with Gasteiger partial charge in [0.15, 0.2) is 9.84 Å². The van der Waals surface area contributed by atoms with E-state index in [1.54, 1.807) is 30.6 Å². The van der Waals surface area contributed by atoms with E-state index in [1.807, 2.05) is 42.5 Å². The van der Waals surface area contributed by atoms with Gasteiger partial charge < -0.3 is 5.32 Å². The molecule has 0 radical (unpaired) electrons. The monoisotopic (exact) mass is 390 g/mol. The number of fused-ring (bicyclic) bond motifs is 1. The van der Waals surface area contributed by atoms with Crippen molar-refractivity contribution >= 4 is 26.6 Å². The second-order valence-electron chi connectivity index (χ2n) is 6.45. The van der Waals surface area contributed by atoms with Crippen molar-refractivity contribution in [3.05, 3.63) is 90.5 Å². The van der Waals surface area contributed by atoms with Crippen LogP contribution in [0.25, 0.3) is 10.9 Å². The maximum absolute atomic E-state index is 12.0. The van der Waals surface area contributed by atoms with Gasteiger partial charge >= 0.3 is 0 Å². The highest BCUT2D eigenvalue weighted by Gasteiger charge is 2.17. The number of nitrogens with zero attached hydrogens (tertiary/aromatic N) is 3. The number of rotatable bonds is 5. The predicted octanol–water partition coefficient (Wildman–Crippen LogP) is 3.63. The molecule has 2 aromatic carbocycles. The van der Waals surface area contributed by atoms with Crippen molar-refractivity contribution in [3.8, 4) is 0 Å². The van der Waals surface area contributed by atoms with Gasteiger partial charge in [0.05, 0.1) is 16.5 Å². The van der Waals surface area contributed by atoms with Crippen molar-refractivity contribution in [2.45, 2.75) is 10.9 Å². The maximum Gasteiger partial charge on any atom is 0.175 e. The number of aromatic nitrogens is 3. The van der Waals surface area contributed by atoms with Crippen molar-refractivity contribution in [1.29, 1.82) is 0 Å². The van der Waals surface area contributed by atoms with E-state index in [4.69, 9.17) is 0 Å². The average molecular weight is 390 g/mol. The molecule has 0 aliphatic heterocycles. The first kappa shape index (κ1) is 18.1. The second-order valence-corrected chi connectivity index (χ2v) is 8.46. The number of nitrogens with one attached hydrogen (secondary N) is 1. The van der Waals surface area contributed by atoms with Crippen LogP contribution >= 0.6 is 0 Å². The summed E-state index contributed by atoms with van der Waals surface area (Å²) in [6, 6.07) is 18.5. The summed E-state index contributed by atoms with van der Waals surface area (Å²) in [5.41, 5.74) is 2.68. The first-order chi connectivity index (χ1) is 13.5. The van der Waals surface area contributed by atoms with Crippen LogP contribution in [-0.4, -0.2) is 29.6 Å². The third-order valence-electron chi connectivity index (χ3n) is 4.47. The highest BCUT2D eigenvalue weighted by molar-refractivity contribution is 7.90. The fourth-order valence-electron chi connectivity index (χ4n) is 3.07. The molecule has 1 atom stereocenters. The number of hydrogen-bond donors (Lipinski definition) is 1. The molecule has 2 heterocycles. The molecule has 0 spiro atoms. The van der Waals surface area contributed by atoms with Gasteiger partial charge in [-0.1, -0.05) is 36.4 Å². The predicted molar refractivity (Wildman–Crippen MR) is 109 cm³/mol. The van der Waals surface area contributed by atoms with E-state index in [2.05, 4.69) is 20.3 Å². The quantitative estimate of drug-likeness (QED) is 0.560. The van der Waals surface area contributed by atoms with Gasteiger partial charge in [0.2, 0.25) is 0 Å². The summed E-state index contributed by atoms with van der Waals surface area (Å²) in [7, 11) is -3.34. The van der Waals surface area contributed by atoms with Crippen molar-refractivity contribution in [2.75, 3.05) is 11.6 Å². The Bertz CT molecular complexity index is 1170. The van der Waals surface area contributed by atoms with Gasteiger partial charge in [0, 0.05) is 24.0 Å². The Hall–Kier alpha value is -3.32. The Morgan fingerprint density at radius 2 is 1.71 bits per heavy atom. The van der Waals surface area contributed by atoms with E-state index >= 15 is 0 Å². The van der Waals surface area contributed by atoms with E-state index in [-0.39, 0.29) is 10.9 Å². The summed E-state index contributed by atoms with van der Waals surface area (Å²) >= 11 is 0. The van der Waals surface area contributed by atoms with Gasteiger partial charge in [-0.05, 0) is 35.4 Å². The lowest BCUT2D eigenvalue weighted by atomic mass is 10.00. The zero-order chi connectivity index (χ0) is 19.6. The minimum absolute atomic E-state index is 0.199. The van der Waals surface area contributed by atoms with E-state index in [0.29, 0.717) is 16.7 Å². The summed E-state index contributed by atoms with van der Waals surface area (Å²) in [5.74, 6) is 0.563. The first-order valence-corrected chi connectivity index (χ1v) is 10.6. The van der Waals surface area contributed by atoms with Crippen LogP contribution in [0.3, 0.4) is 0 Å². The third-order valence-corrected chi connectivity index (χ3v) is 5.58. The molecule has 0 bridgehead atoms. The van der Waals surface area contributed by atoms with Crippen LogP contribution in [0.4, 0.5) is 5.82 Å². The third kappa shape index (κ3) is 3.70. The van der Waals surface area contributed by atoms with E-state index in [9.17, 15) is 8.42 Å². The van der Waals surface area contributed by atoms with Gasteiger partial charge in [-0.3, -0.25) is 4.98 Å². The van der Waals surface area contributed by atoms with E-state index < -0.39 is 9.84 Å². The molecule has 0 saturated carbocycles. The smallest absolute Gasteiger partial charge is 0.175 e. The van der Waals surface area contributed by atoms with Crippen LogP contribution in [0.5, 0.6) is 0 Å². The lowest BCUT2D eigenvalue weighted by molar-refractivity contribution is 0.602. The fourth-order valence-corrected chi connectivity index (χ4v) is 3.72. The normalized spacial score (nSPS) is 12.6. The van der Waals surface area contributed by atoms with Gasteiger partial charge in [0.25, 0.3) is 0 Å². The van der Waals surface area contributed by atoms with Crippen LogP contribution in [0.1, 0.15) is 17.2 Å². The van der Waals surface area contributed by atoms with Gasteiger partial charge in [-0.2, -0.15) is 0 Å². The molecule has 1 N–H and O–H groups in total. The van der Waals surface area contributed by atoms with Crippen LogP contribution in [0.2, 0.25) is 0 Å². The van der Waals surface area contributed by atoms with Gasteiger partial charge in [0.1, 0.15) is 12.1 Å². The molecule has 4 aromatic rings. The molecule has 0 aliphatic rings. The van der Waals surface area contributed by atoms with Crippen molar-refractivity contribution in [1.82, 2.24) is 15.0 Å². The molecule has 140 valence electrons. The number of sulfone groups is 1. The van der Waals surface area contributed by atoms with Crippen molar-refractivity contribution < 1.29 is 8.42 Å². The zero-order valence-corrected chi connectivity index (χ0v) is 16.0. The summed E-state index contributed by atoms with van der Waals surface area (Å²) in [5, 5.41) is 4.10. The highest BCUT2D eigenvalue weighted by atomic mass is 32.2. The summed E-state index contributed by atoms with van der Waals surface area (Å²) in [6.07, 6.45) is 6.18. The topological polar surface area (TPSA) is 84.8 Å². The molecular formula is C21H18N4O2S. The number of benzene rings is 2. The number of pyridine rings is 1. The molecule has 4 rings (SSSR count). The molecule has 0 aliphatic carbocycles. The first-order valence-electron chi connectivity index (χ1n) is 8.68. The second kappa shape index (κ2) is 7.36. The standard InChI is InChI=1S/C21H18N4O2S/c1-28(26,27)17-9-10-19-18(12-17)21(24-14-23-19)25-20(15-6-3-2-4-7-15)16-8-5-11-22-13-16/h2-14,20H,1H3,(H,23,24,25). The molecule has 0 saturated heterocycles.